The van der Waals surface area contributed by atoms with Crippen LogP contribution in [0.4, 0.5) is 20.3 Å². The van der Waals surface area contributed by atoms with Crippen LogP contribution in [0.5, 0.6) is 0 Å². The number of nitriles is 1. The Balaban J connectivity index is 1.71. The predicted octanol–water partition coefficient (Wildman–Crippen LogP) is 2.37. The first-order valence-electron chi connectivity index (χ1n) is 10.2. The fraction of sp³-hybridized carbons (Fsp3) is 0.429. The van der Waals surface area contributed by atoms with Gasteiger partial charge < -0.3 is 16.0 Å². The third kappa shape index (κ3) is 5.94. The summed E-state index contributed by atoms with van der Waals surface area (Å²) in [4.78, 5) is 36.7. The van der Waals surface area contributed by atoms with Crippen molar-refractivity contribution in [2.45, 2.75) is 38.3 Å². The molecule has 0 aliphatic heterocycles. The molecule has 11 heteroatoms. The lowest BCUT2D eigenvalue weighted by atomic mass is 10.1. The van der Waals surface area contributed by atoms with Crippen LogP contribution in [0.25, 0.3) is 11.3 Å². The summed E-state index contributed by atoms with van der Waals surface area (Å²) >= 11 is 0. The Kier molecular flexibility index (Phi) is 7.59. The first-order valence-corrected chi connectivity index (χ1v) is 10.2. The van der Waals surface area contributed by atoms with Gasteiger partial charge in [-0.15, -0.1) is 0 Å². The molecular weight excluding hydrogens is 420 g/mol. The summed E-state index contributed by atoms with van der Waals surface area (Å²) in [5, 5.41) is 17.4. The number of hydrogen-bond donors (Lipinski definition) is 3. The van der Waals surface area contributed by atoms with Crippen molar-refractivity contribution in [1.82, 2.24) is 20.3 Å². The Bertz CT molecular complexity index is 1010. The molecule has 2 aromatic heterocycles. The molecular formula is C21H23F2N7O2. The molecule has 3 rings (SSSR count). The second-order valence-corrected chi connectivity index (χ2v) is 7.49. The van der Waals surface area contributed by atoms with E-state index < -0.39 is 31.3 Å². The number of hydrogen-bond acceptors (Lipinski definition) is 7. The maximum atomic E-state index is 12.9. The average molecular weight is 443 g/mol. The Morgan fingerprint density at radius 3 is 2.59 bits per heavy atom. The number of halogens is 2. The molecule has 0 spiro atoms. The number of rotatable bonds is 10. The molecule has 1 aliphatic carbocycles. The van der Waals surface area contributed by atoms with E-state index in [1.807, 2.05) is 6.07 Å². The van der Waals surface area contributed by atoms with E-state index in [2.05, 4.69) is 30.9 Å². The van der Waals surface area contributed by atoms with Crippen molar-refractivity contribution in [3.05, 3.63) is 30.4 Å². The first-order chi connectivity index (χ1) is 15.4. The molecule has 1 saturated carbocycles. The van der Waals surface area contributed by atoms with Gasteiger partial charge in [-0.25, -0.2) is 14.4 Å². The van der Waals surface area contributed by atoms with Gasteiger partial charge in [-0.1, -0.05) is 0 Å². The molecule has 9 nitrogen and oxygen atoms in total. The van der Waals surface area contributed by atoms with Crippen LogP contribution < -0.4 is 16.0 Å². The standard InChI is InChI=1S/C21H23F2N7O2/c1-12(20(31)29-15(7-23)4-5-22)28-16-6-14(9-25-17(16)8-24)18-10-27-19(11-26-18)30-21(32)13-2-3-13/h6,9-13,15,28H,2-5,7H2,1H3,(H,29,31)(H,27,30,32)/t12-,15?/m0/s1. The van der Waals surface area contributed by atoms with Crippen molar-refractivity contribution in [3.63, 3.8) is 0 Å². The van der Waals surface area contributed by atoms with Gasteiger partial charge in [0.1, 0.15) is 18.8 Å². The Hall–Kier alpha value is -3.68. The Morgan fingerprint density at radius 2 is 2.00 bits per heavy atom. The number of pyridine rings is 1. The van der Waals surface area contributed by atoms with Gasteiger partial charge in [0.25, 0.3) is 0 Å². The molecule has 1 unspecified atom stereocenters. The molecule has 3 N–H and O–H groups in total. The topological polar surface area (TPSA) is 133 Å². The molecule has 168 valence electrons. The number of aromatic nitrogens is 3. The van der Waals surface area contributed by atoms with Gasteiger partial charge in [-0.05, 0) is 32.3 Å². The van der Waals surface area contributed by atoms with Crippen LogP contribution in [-0.4, -0.2) is 52.2 Å². The van der Waals surface area contributed by atoms with E-state index in [-0.39, 0.29) is 29.6 Å². The molecule has 0 aromatic carbocycles. The third-order valence-electron chi connectivity index (χ3n) is 4.90. The number of carbonyl (C=O) groups is 2. The quantitative estimate of drug-likeness (QED) is 0.513. The number of alkyl halides is 2. The van der Waals surface area contributed by atoms with Crippen LogP contribution in [0.3, 0.4) is 0 Å². The summed E-state index contributed by atoms with van der Waals surface area (Å²) in [6, 6.07) is 1.79. The van der Waals surface area contributed by atoms with Crippen molar-refractivity contribution >= 4 is 23.3 Å². The minimum Gasteiger partial charge on any atom is -0.372 e. The molecule has 2 atom stereocenters. The minimum absolute atomic E-state index is 0.0455. The van der Waals surface area contributed by atoms with E-state index in [9.17, 15) is 23.6 Å². The van der Waals surface area contributed by atoms with Crippen molar-refractivity contribution in [2.75, 3.05) is 24.0 Å². The van der Waals surface area contributed by atoms with Gasteiger partial charge >= 0.3 is 0 Å². The minimum atomic E-state index is -0.911. The van der Waals surface area contributed by atoms with Gasteiger partial charge in [0, 0.05) is 17.7 Å². The lowest BCUT2D eigenvalue weighted by Crippen LogP contribution is -2.44. The number of amides is 2. The molecule has 2 amide bonds. The fourth-order valence-electron chi connectivity index (χ4n) is 2.86. The van der Waals surface area contributed by atoms with Crippen LogP contribution in [0, 0.1) is 17.2 Å². The van der Waals surface area contributed by atoms with Crippen molar-refractivity contribution in [3.8, 4) is 17.3 Å². The predicted molar refractivity (Wildman–Crippen MR) is 113 cm³/mol. The molecule has 0 saturated heterocycles. The third-order valence-corrected chi connectivity index (χ3v) is 4.90. The number of anilines is 2. The number of nitrogens with one attached hydrogen (secondary N) is 3. The van der Waals surface area contributed by atoms with Crippen molar-refractivity contribution in [1.29, 1.82) is 5.26 Å². The van der Waals surface area contributed by atoms with Crippen LogP contribution in [-0.2, 0) is 9.59 Å². The number of nitrogens with zero attached hydrogens (tertiary/aromatic N) is 4. The van der Waals surface area contributed by atoms with E-state index in [0.29, 0.717) is 17.1 Å². The van der Waals surface area contributed by atoms with E-state index in [4.69, 9.17) is 0 Å². The Morgan fingerprint density at radius 1 is 1.22 bits per heavy atom. The van der Waals surface area contributed by atoms with Gasteiger partial charge in [0.2, 0.25) is 11.8 Å². The highest BCUT2D eigenvalue weighted by atomic mass is 19.1. The summed E-state index contributed by atoms with van der Waals surface area (Å²) in [6.45, 7) is -0.0883. The number of carbonyl (C=O) groups excluding carboxylic acids is 2. The molecule has 32 heavy (non-hydrogen) atoms. The molecule has 2 heterocycles. The highest BCUT2D eigenvalue weighted by molar-refractivity contribution is 5.93. The zero-order chi connectivity index (χ0) is 23.1. The van der Waals surface area contributed by atoms with Crippen molar-refractivity contribution < 1.29 is 18.4 Å². The van der Waals surface area contributed by atoms with Crippen LogP contribution in [0.1, 0.15) is 31.9 Å². The first kappa shape index (κ1) is 23.0. The molecule has 0 radical (unpaired) electrons. The van der Waals surface area contributed by atoms with E-state index >= 15 is 0 Å². The van der Waals surface area contributed by atoms with E-state index in [1.54, 1.807) is 6.07 Å². The van der Waals surface area contributed by atoms with Crippen LogP contribution in [0.2, 0.25) is 0 Å². The normalized spacial score (nSPS) is 14.7. The second-order valence-electron chi connectivity index (χ2n) is 7.49. The SMILES string of the molecule is C[C@H](Nc1cc(-c2cnc(NC(=O)C3CC3)cn2)cnc1C#N)C(=O)NC(CF)CCF. The monoisotopic (exact) mass is 443 g/mol. The van der Waals surface area contributed by atoms with E-state index in [1.165, 1.54) is 25.5 Å². The summed E-state index contributed by atoms with van der Waals surface area (Å²) in [7, 11) is 0. The summed E-state index contributed by atoms with van der Waals surface area (Å²) in [6.07, 6.45) is 5.98. The van der Waals surface area contributed by atoms with Gasteiger partial charge in [-0.3, -0.25) is 19.0 Å². The summed E-state index contributed by atoms with van der Waals surface area (Å²) in [5.74, 6) is -0.228. The smallest absolute Gasteiger partial charge is 0.242 e. The Labute approximate surface area is 183 Å². The maximum Gasteiger partial charge on any atom is 0.242 e. The zero-order valence-corrected chi connectivity index (χ0v) is 17.4. The van der Waals surface area contributed by atoms with Gasteiger partial charge in [-0.2, -0.15) is 5.26 Å². The molecule has 0 bridgehead atoms. The zero-order valence-electron chi connectivity index (χ0n) is 17.4. The highest BCUT2D eigenvalue weighted by Gasteiger charge is 2.29. The highest BCUT2D eigenvalue weighted by Crippen LogP contribution is 2.30. The largest absolute Gasteiger partial charge is 0.372 e. The molecule has 1 aliphatic rings. The van der Waals surface area contributed by atoms with Crippen LogP contribution in [0.15, 0.2) is 24.7 Å². The maximum absolute atomic E-state index is 12.9. The molecule has 2 aromatic rings. The van der Waals surface area contributed by atoms with Gasteiger partial charge in [0.05, 0.1) is 36.5 Å². The lowest BCUT2D eigenvalue weighted by molar-refractivity contribution is -0.122. The van der Waals surface area contributed by atoms with Crippen molar-refractivity contribution in [2.24, 2.45) is 5.92 Å². The second kappa shape index (κ2) is 10.6. The van der Waals surface area contributed by atoms with Crippen LogP contribution >= 0.6 is 0 Å². The fourth-order valence-corrected chi connectivity index (χ4v) is 2.86. The average Bonchev–Trinajstić information content (AvgIpc) is 3.65. The molecule has 1 fully saturated rings. The van der Waals surface area contributed by atoms with Gasteiger partial charge in [0.15, 0.2) is 11.5 Å². The lowest BCUT2D eigenvalue weighted by Gasteiger charge is -2.20. The van der Waals surface area contributed by atoms with E-state index in [0.717, 1.165) is 12.8 Å². The summed E-state index contributed by atoms with van der Waals surface area (Å²) in [5.41, 5.74) is 1.32. The summed E-state index contributed by atoms with van der Waals surface area (Å²) < 4.78 is 25.4.